The van der Waals surface area contributed by atoms with Crippen LogP contribution in [-0.4, -0.2) is 42.4 Å². The fourth-order valence-corrected chi connectivity index (χ4v) is 4.43. The molecule has 2 heterocycles. The second-order valence-corrected chi connectivity index (χ2v) is 8.08. The van der Waals surface area contributed by atoms with Crippen molar-refractivity contribution in [2.75, 3.05) is 26.7 Å². The molecule has 1 aliphatic rings. The van der Waals surface area contributed by atoms with Crippen LogP contribution in [0.2, 0.25) is 0 Å². The molecule has 7 heteroatoms. The Morgan fingerprint density at radius 1 is 1.10 bits per heavy atom. The van der Waals surface area contributed by atoms with Crippen LogP contribution in [0.4, 0.5) is 0 Å². The topological polar surface area (TPSA) is 77.7 Å². The van der Waals surface area contributed by atoms with E-state index in [0.717, 1.165) is 18.8 Å². The average Bonchev–Trinajstić information content (AvgIpc) is 2.82. The predicted octanol–water partition coefficient (Wildman–Crippen LogP) is 1.48. The van der Waals surface area contributed by atoms with Gasteiger partial charge in [0, 0.05) is 18.0 Å². The molecule has 1 aliphatic heterocycles. The maximum Gasteiger partial charge on any atom is 0.274 e. The number of hydrogen-bond donors (Lipinski definition) is 2. The lowest BCUT2D eigenvalue weighted by Crippen LogP contribution is -3.13. The number of carbonyl (C=O) groups is 1. The standard InChI is InChI=1S/C24H28N4O3/c1-27-24(30)20-9-5-4-8-19(20)22(26-27)23(29)25-16-21(28-14-6-3-7-15-28)17-10-12-18(31-2)13-11-17/h4-5,8-13,21H,3,6-7,14-16H2,1-2H3,(H,25,29)/p+1/t21-/m1/s1. The van der Waals surface area contributed by atoms with Gasteiger partial charge in [-0.1, -0.05) is 18.2 Å². The Morgan fingerprint density at radius 3 is 2.45 bits per heavy atom. The van der Waals surface area contributed by atoms with Gasteiger partial charge in [-0.2, -0.15) is 5.10 Å². The molecule has 0 aliphatic carbocycles. The molecule has 1 amide bonds. The van der Waals surface area contributed by atoms with Gasteiger partial charge in [0.25, 0.3) is 11.5 Å². The minimum atomic E-state index is -0.262. The first kappa shape index (κ1) is 21.1. The molecule has 1 saturated heterocycles. The zero-order valence-electron chi connectivity index (χ0n) is 18.1. The van der Waals surface area contributed by atoms with Crippen LogP contribution in [0.25, 0.3) is 10.8 Å². The van der Waals surface area contributed by atoms with Gasteiger partial charge in [-0.05, 0) is 49.6 Å². The summed E-state index contributed by atoms with van der Waals surface area (Å²) in [5.41, 5.74) is 1.25. The maximum absolute atomic E-state index is 13.1. The summed E-state index contributed by atoms with van der Waals surface area (Å²) in [7, 11) is 3.23. The van der Waals surface area contributed by atoms with E-state index in [0.29, 0.717) is 17.3 Å². The van der Waals surface area contributed by atoms with Gasteiger partial charge < -0.3 is 15.0 Å². The van der Waals surface area contributed by atoms with Crippen molar-refractivity contribution in [3.8, 4) is 5.75 Å². The molecular formula is C24H29N4O3+. The Bertz CT molecular complexity index is 1120. The third-order valence-corrected chi connectivity index (χ3v) is 6.15. The van der Waals surface area contributed by atoms with E-state index in [1.807, 2.05) is 18.2 Å². The molecule has 1 aromatic heterocycles. The number of rotatable bonds is 6. The van der Waals surface area contributed by atoms with Crippen LogP contribution in [0.1, 0.15) is 41.4 Å². The fourth-order valence-electron chi connectivity index (χ4n) is 4.43. The van der Waals surface area contributed by atoms with E-state index in [1.54, 1.807) is 32.4 Å². The van der Waals surface area contributed by atoms with Crippen LogP contribution in [-0.2, 0) is 7.05 Å². The molecule has 3 aromatic rings. The molecule has 0 spiro atoms. The summed E-state index contributed by atoms with van der Waals surface area (Å²) in [6, 6.07) is 15.4. The molecule has 31 heavy (non-hydrogen) atoms. The quantitative estimate of drug-likeness (QED) is 0.632. The number of amides is 1. The van der Waals surface area contributed by atoms with Gasteiger partial charge in [0.15, 0.2) is 5.69 Å². The van der Waals surface area contributed by atoms with Crippen molar-refractivity contribution in [3.05, 3.63) is 70.1 Å². The van der Waals surface area contributed by atoms with Crippen molar-refractivity contribution in [3.63, 3.8) is 0 Å². The van der Waals surface area contributed by atoms with Crippen LogP contribution in [0.3, 0.4) is 0 Å². The van der Waals surface area contributed by atoms with Gasteiger partial charge in [0.2, 0.25) is 0 Å². The van der Waals surface area contributed by atoms with Gasteiger partial charge in [-0.25, -0.2) is 4.68 Å². The summed E-state index contributed by atoms with van der Waals surface area (Å²) < 4.78 is 6.53. The van der Waals surface area contributed by atoms with Crippen molar-refractivity contribution in [1.82, 2.24) is 15.1 Å². The number of fused-ring (bicyclic) bond motifs is 1. The summed E-state index contributed by atoms with van der Waals surface area (Å²) >= 11 is 0. The molecule has 0 saturated carbocycles. The smallest absolute Gasteiger partial charge is 0.274 e. The lowest BCUT2D eigenvalue weighted by Gasteiger charge is -2.32. The number of aryl methyl sites for hydroxylation is 1. The third kappa shape index (κ3) is 4.46. The van der Waals surface area contributed by atoms with Gasteiger partial charge in [-0.15, -0.1) is 0 Å². The molecular weight excluding hydrogens is 392 g/mol. The van der Waals surface area contributed by atoms with Crippen molar-refractivity contribution >= 4 is 16.7 Å². The zero-order chi connectivity index (χ0) is 21.8. The number of ether oxygens (including phenoxy) is 1. The molecule has 0 radical (unpaired) electrons. The van der Waals surface area contributed by atoms with Crippen molar-refractivity contribution in [1.29, 1.82) is 0 Å². The summed E-state index contributed by atoms with van der Waals surface area (Å²) in [6.07, 6.45) is 3.66. The lowest BCUT2D eigenvalue weighted by molar-refractivity contribution is -0.935. The number of quaternary nitrogens is 1. The molecule has 2 aromatic carbocycles. The third-order valence-electron chi connectivity index (χ3n) is 6.15. The van der Waals surface area contributed by atoms with Gasteiger partial charge in [-0.3, -0.25) is 9.59 Å². The highest BCUT2D eigenvalue weighted by Crippen LogP contribution is 2.17. The van der Waals surface area contributed by atoms with Crippen LogP contribution in [0, 0.1) is 0 Å². The highest BCUT2D eigenvalue weighted by molar-refractivity contribution is 6.04. The molecule has 162 valence electrons. The number of nitrogens with zero attached hydrogens (tertiary/aromatic N) is 2. The summed E-state index contributed by atoms with van der Waals surface area (Å²) in [5.74, 6) is 0.558. The first-order valence-electron chi connectivity index (χ1n) is 10.8. The molecule has 2 N–H and O–H groups in total. The predicted molar refractivity (Wildman–Crippen MR) is 120 cm³/mol. The van der Waals surface area contributed by atoms with Crippen LogP contribution < -0.4 is 20.5 Å². The van der Waals surface area contributed by atoms with Crippen molar-refractivity contribution in [2.24, 2.45) is 7.05 Å². The Hall–Kier alpha value is -3.19. The van der Waals surface area contributed by atoms with Crippen molar-refractivity contribution < 1.29 is 14.4 Å². The molecule has 7 nitrogen and oxygen atoms in total. The van der Waals surface area contributed by atoms with Crippen molar-refractivity contribution in [2.45, 2.75) is 25.3 Å². The van der Waals surface area contributed by atoms with Crippen LogP contribution >= 0.6 is 0 Å². The zero-order valence-corrected chi connectivity index (χ0v) is 18.1. The molecule has 0 bridgehead atoms. The minimum absolute atomic E-state index is 0.147. The highest BCUT2D eigenvalue weighted by atomic mass is 16.5. The number of likely N-dealkylation sites (tertiary alicyclic amines) is 1. The maximum atomic E-state index is 13.1. The Kier molecular flexibility index (Phi) is 6.32. The van der Waals surface area contributed by atoms with E-state index in [4.69, 9.17) is 4.74 Å². The number of aromatic nitrogens is 2. The first-order chi connectivity index (χ1) is 15.1. The SMILES string of the molecule is COc1ccc([C@@H](CNC(=O)c2nn(C)c(=O)c3ccccc23)[NH+]2CCCCC2)cc1. The monoisotopic (exact) mass is 421 g/mol. The molecule has 0 unspecified atom stereocenters. The van der Waals surface area contributed by atoms with E-state index < -0.39 is 0 Å². The Labute approximate surface area is 181 Å². The Balaban J connectivity index is 1.59. The second-order valence-electron chi connectivity index (χ2n) is 8.08. The van der Waals surface area contributed by atoms with E-state index in [1.165, 1.54) is 34.4 Å². The van der Waals surface area contributed by atoms with Gasteiger partial charge >= 0.3 is 0 Å². The molecule has 1 atom stereocenters. The first-order valence-corrected chi connectivity index (χ1v) is 10.8. The lowest BCUT2D eigenvalue weighted by atomic mass is 10.0. The minimum Gasteiger partial charge on any atom is -0.497 e. The molecule has 1 fully saturated rings. The largest absolute Gasteiger partial charge is 0.497 e. The van der Waals surface area contributed by atoms with E-state index in [-0.39, 0.29) is 23.2 Å². The number of nitrogens with one attached hydrogen (secondary N) is 2. The number of carbonyl (C=O) groups excluding carboxylic acids is 1. The van der Waals surface area contributed by atoms with Crippen LogP contribution in [0.15, 0.2) is 53.3 Å². The van der Waals surface area contributed by atoms with Gasteiger partial charge in [0.05, 0.1) is 32.1 Å². The average molecular weight is 422 g/mol. The summed E-state index contributed by atoms with van der Waals surface area (Å²) in [4.78, 5) is 27.0. The highest BCUT2D eigenvalue weighted by Gasteiger charge is 2.27. The van der Waals surface area contributed by atoms with Gasteiger partial charge in [0.1, 0.15) is 11.8 Å². The number of piperidine rings is 1. The number of methoxy groups -OCH3 is 1. The van der Waals surface area contributed by atoms with E-state index >= 15 is 0 Å². The normalized spacial score (nSPS) is 15.5. The number of benzene rings is 2. The summed E-state index contributed by atoms with van der Waals surface area (Å²) in [6.45, 7) is 2.68. The van der Waals surface area contributed by atoms with Crippen LogP contribution in [0.5, 0.6) is 5.75 Å². The fraction of sp³-hybridized carbons (Fsp3) is 0.375. The summed E-state index contributed by atoms with van der Waals surface area (Å²) in [5, 5.41) is 8.43. The van der Waals surface area contributed by atoms with E-state index in [2.05, 4.69) is 22.5 Å². The second kappa shape index (κ2) is 9.31. The Morgan fingerprint density at radius 2 is 1.77 bits per heavy atom. The molecule has 4 rings (SSSR count). The van der Waals surface area contributed by atoms with E-state index in [9.17, 15) is 9.59 Å². The number of hydrogen-bond acceptors (Lipinski definition) is 4.